The van der Waals surface area contributed by atoms with Gasteiger partial charge in [0, 0.05) is 19.1 Å². The molecule has 1 aliphatic rings. The number of rotatable bonds is 3. The molecule has 106 valence electrons. The highest BCUT2D eigenvalue weighted by molar-refractivity contribution is 5.24. The maximum Gasteiger partial charge on any atom is 0.0470 e. The first kappa shape index (κ1) is 14.5. The van der Waals surface area contributed by atoms with Gasteiger partial charge in [-0.15, -0.1) is 0 Å². The molecule has 0 saturated carbocycles. The second-order valence-corrected chi connectivity index (χ2v) is 7.01. The third kappa shape index (κ3) is 3.37. The van der Waals surface area contributed by atoms with Gasteiger partial charge in [-0.1, -0.05) is 50.6 Å². The largest absolute Gasteiger partial charge is 0.329 e. The standard InChI is InChI=1S/C17H28N2/c1-13-5-7-14(8-6-13)16(11-18)19-10-9-15(12-19)17(2,3)4/h5-8,15-16H,9-12,18H2,1-4H3. The Morgan fingerprint density at radius 3 is 2.37 bits per heavy atom. The Labute approximate surface area is 118 Å². The van der Waals surface area contributed by atoms with Crippen LogP contribution in [0.4, 0.5) is 0 Å². The molecular weight excluding hydrogens is 232 g/mol. The highest BCUT2D eigenvalue weighted by atomic mass is 15.2. The summed E-state index contributed by atoms with van der Waals surface area (Å²) >= 11 is 0. The highest BCUT2D eigenvalue weighted by Gasteiger charge is 2.34. The van der Waals surface area contributed by atoms with Gasteiger partial charge in [0.15, 0.2) is 0 Å². The van der Waals surface area contributed by atoms with Gasteiger partial charge in [0.25, 0.3) is 0 Å². The lowest BCUT2D eigenvalue weighted by molar-refractivity contribution is 0.197. The average Bonchev–Trinajstić information content (AvgIpc) is 2.82. The molecule has 19 heavy (non-hydrogen) atoms. The predicted molar refractivity (Wildman–Crippen MR) is 82.1 cm³/mol. The van der Waals surface area contributed by atoms with Gasteiger partial charge in [-0.3, -0.25) is 4.90 Å². The first-order valence-corrected chi connectivity index (χ1v) is 7.42. The topological polar surface area (TPSA) is 29.3 Å². The molecule has 1 aromatic carbocycles. The molecule has 2 N–H and O–H groups in total. The maximum absolute atomic E-state index is 6.04. The fraction of sp³-hybridized carbons (Fsp3) is 0.647. The van der Waals surface area contributed by atoms with E-state index in [-0.39, 0.29) is 0 Å². The van der Waals surface area contributed by atoms with Crippen LogP contribution in [0.5, 0.6) is 0 Å². The molecule has 2 unspecified atom stereocenters. The summed E-state index contributed by atoms with van der Waals surface area (Å²) in [6, 6.07) is 9.23. The van der Waals surface area contributed by atoms with Gasteiger partial charge in [-0.25, -0.2) is 0 Å². The molecule has 1 aromatic rings. The maximum atomic E-state index is 6.04. The van der Waals surface area contributed by atoms with Crippen molar-refractivity contribution in [2.45, 2.75) is 40.2 Å². The molecule has 0 bridgehead atoms. The summed E-state index contributed by atoms with van der Waals surface area (Å²) in [5.74, 6) is 0.784. The Morgan fingerprint density at radius 1 is 1.26 bits per heavy atom. The molecule has 2 heteroatoms. The first-order chi connectivity index (χ1) is 8.91. The van der Waals surface area contributed by atoms with Crippen LogP contribution in [0.15, 0.2) is 24.3 Å². The predicted octanol–water partition coefficient (Wildman–Crippen LogP) is 3.36. The van der Waals surface area contributed by atoms with Gasteiger partial charge in [0.2, 0.25) is 0 Å². The van der Waals surface area contributed by atoms with Crippen LogP contribution in [-0.2, 0) is 0 Å². The van der Waals surface area contributed by atoms with Crippen LogP contribution in [0.25, 0.3) is 0 Å². The summed E-state index contributed by atoms with van der Waals surface area (Å²) in [5.41, 5.74) is 9.12. The van der Waals surface area contributed by atoms with E-state index in [9.17, 15) is 0 Å². The van der Waals surface area contributed by atoms with Crippen molar-refractivity contribution in [3.63, 3.8) is 0 Å². The number of hydrogen-bond donors (Lipinski definition) is 1. The van der Waals surface area contributed by atoms with Crippen molar-refractivity contribution in [1.82, 2.24) is 4.90 Å². The first-order valence-electron chi connectivity index (χ1n) is 7.42. The number of likely N-dealkylation sites (tertiary alicyclic amines) is 1. The Kier molecular flexibility index (Phi) is 4.32. The smallest absolute Gasteiger partial charge is 0.0470 e. The molecule has 1 aliphatic heterocycles. The third-order valence-electron chi connectivity index (χ3n) is 4.57. The molecule has 0 spiro atoms. The molecule has 2 nitrogen and oxygen atoms in total. The number of benzene rings is 1. The van der Waals surface area contributed by atoms with Crippen LogP contribution in [-0.4, -0.2) is 24.5 Å². The highest BCUT2D eigenvalue weighted by Crippen LogP contribution is 2.36. The van der Waals surface area contributed by atoms with Crippen LogP contribution in [0.1, 0.15) is 44.4 Å². The number of hydrogen-bond acceptors (Lipinski definition) is 2. The molecule has 0 aromatic heterocycles. The van der Waals surface area contributed by atoms with Crippen molar-refractivity contribution in [2.24, 2.45) is 17.1 Å². The quantitative estimate of drug-likeness (QED) is 0.903. The van der Waals surface area contributed by atoms with E-state index in [1.54, 1.807) is 0 Å². The Hall–Kier alpha value is -0.860. The van der Waals surface area contributed by atoms with Crippen molar-refractivity contribution >= 4 is 0 Å². The van der Waals surface area contributed by atoms with E-state index in [4.69, 9.17) is 5.73 Å². The third-order valence-corrected chi connectivity index (χ3v) is 4.57. The molecule has 0 aliphatic carbocycles. The van der Waals surface area contributed by atoms with Gasteiger partial charge in [0.1, 0.15) is 0 Å². The van der Waals surface area contributed by atoms with E-state index in [0.717, 1.165) is 5.92 Å². The molecule has 0 amide bonds. The van der Waals surface area contributed by atoms with E-state index in [2.05, 4.69) is 56.9 Å². The second-order valence-electron chi connectivity index (χ2n) is 7.01. The second kappa shape index (κ2) is 5.64. The number of nitrogens with two attached hydrogens (primary N) is 1. The monoisotopic (exact) mass is 260 g/mol. The van der Waals surface area contributed by atoms with Gasteiger partial charge in [-0.2, -0.15) is 0 Å². The van der Waals surface area contributed by atoms with Crippen molar-refractivity contribution in [2.75, 3.05) is 19.6 Å². The minimum atomic E-state index is 0.382. The van der Waals surface area contributed by atoms with Gasteiger partial charge < -0.3 is 5.73 Å². The van der Waals surface area contributed by atoms with E-state index in [1.165, 1.54) is 30.6 Å². The molecule has 0 radical (unpaired) electrons. The number of nitrogens with zero attached hydrogens (tertiary/aromatic N) is 1. The summed E-state index contributed by atoms with van der Waals surface area (Å²) in [5, 5.41) is 0. The van der Waals surface area contributed by atoms with Gasteiger partial charge >= 0.3 is 0 Å². The van der Waals surface area contributed by atoms with E-state index < -0.39 is 0 Å². The lowest BCUT2D eigenvalue weighted by Crippen LogP contribution is -2.33. The zero-order valence-electron chi connectivity index (χ0n) is 12.8. The van der Waals surface area contributed by atoms with Crippen molar-refractivity contribution in [1.29, 1.82) is 0 Å². The minimum Gasteiger partial charge on any atom is -0.329 e. The van der Waals surface area contributed by atoms with Crippen LogP contribution in [0, 0.1) is 18.3 Å². The van der Waals surface area contributed by atoms with Crippen molar-refractivity contribution < 1.29 is 0 Å². The molecular formula is C17H28N2. The zero-order chi connectivity index (χ0) is 14.0. The normalized spacial score (nSPS) is 22.7. The fourth-order valence-electron chi connectivity index (χ4n) is 3.06. The lowest BCUT2D eigenvalue weighted by atomic mass is 9.80. The average molecular weight is 260 g/mol. The Bertz CT molecular complexity index is 402. The van der Waals surface area contributed by atoms with Crippen LogP contribution >= 0.6 is 0 Å². The fourth-order valence-corrected chi connectivity index (χ4v) is 3.06. The van der Waals surface area contributed by atoms with E-state index in [1.807, 2.05) is 0 Å². The molecule has 2 atom stereocenters. The Balaban J connectivity index is 2.09. The van der Waals surface area contributed by atoms with Crippen molar-refractivity contribution in [3.05, 3.63) is 35.4 Å². The van der Waals surface area contributed by atoms with Gasteiger partial charge in [-0.05, 0) is 36.8 Å². The summed E-state index contributed by atoms with van der Waals surface area (Å²) in [7, 11) is 0. The van der Waals surface area contributed by atoms with Crippen molar-refractivity contribution in [3.8, 4) is 0 Å². The number of aryl methyl sites for hydroxylation is 1. The Morgan fingerprint density at radius 2 is 1.89 bits per heavy atom. The van der Waals surface area contributed by atoms with E-state index >= 15 is 0 Å². The van der Waals surface area contributed by atoms with E-state index in [0.29, 0.717) is 18.0 Å². The molecule has 1 fully saturated rings. The molecule has 2 rings (SSSR count). The summed E-state index contributed by atoms with van der Waals surface area (Å²) in [4.78, 5) is 2.57. The summed E-state index contributed by atoms with van der Waals surface area (Å²) in [6.07, 6.45) is 1.30. The van der Waals surface area contributed by atoms with Crippen LogP contribution in [0.2, 0.25) is 0 Å². The molecule has 1 saturated heterocycles. The summed E-state index contributed by atoms with van der Waals surface area (Å²) < 4.78 is 0. The minimum absolute atomic E-state index is 0.382. The van der Waals surface area contributed by atoms with Gasteiger partial charge in [0.05, 0.1) is 0 Å². The van der Waals surface area contributed by atoms with Crippen LogP contribution in [0.3, 0.4) is 0 Å². The molecule has 1 heterocycles. The zero-order valence-corrected chi connectivity index (χ0v) is 12.8. The summed E-state index contributed by atoms with van der Waals surface area (Å²) in [6.45, 7) is 12.3. The van der Waals surface area contributed by atoms with Crippen LogP contribution < -0.4 is 5.73 Å². The SMILES string of the molecule is Cc1ccc(C(CN)N2CCC(C(C)(C)C)C2)cc1. The lowest BCUT2D eigenvalue weighted by Gasteiger charge is -2.30.